The molecule has 7 nitrogen and oxygen atoms in total. The third kappa shape index (κ3) is 4.89. The van der Waals surface area contributed by atoms with Gasteiger partial charge in [0, 0.05) is 31.9 Å². The molecule has 1 fully saturated rings. The Labute approximate surface area is 166 Å². The highest BCUT2D eigenvalue weighted by molar-refractivity contribution is 7.89. The fourth-order valence-electron chi connectivity index (χ4n) is 3.08. The minimum atomic E-state index is -3.51. The fraction of sp³-hybridized carbons (Fsp3) is 0.350. The number of nitrogens with zero attached hydrogens (tertiary/aromatic N) is 2. The van der Waals surface area contributed by atoms with Gasteiger partial charge in [-0.3, -0.25) is 0 Å². The first-order chi connectivity index (χ1) is 13.4. The molecule has 0 aliphatic carbocycles. The van der Waals surface area contributed by atoms with Crippen molar-refractivity contribution in [3.05, 3.63) is 60.2 Å². The van der Waals surface area contributed by atoms with E-state index in [1.807, 2.05) is 44.3 Å². The summed E-state index contributed by atoms with van der Waals surface area (Å²) in [6.45, 7) is 4.31. The molecule has 1 saturated heterocycles. The van der Waals surface area contributed by atoms with Crippen molar-refractivity contribution in [2.45, 2.75) is 17.9 Å². The number of piperazine rings is 1. The lowest BCUT2D eigenvalue weighted by atomic mass is 10.1. The summed E-state index contributed by atoms with van der Waals surface area (Å²) >= 11 is 0. The first kappa shape index (κ1) is 20.3. The molecular formula is C20H26N4O3S. The minimum Gasteiger partial charge on any atom is -0.331 e. The molecule has 0 spiro atoms. The Kier molecular flexibility index (Phi) is 6.33. The quantitative estimate of drug-likeness (QED) is 0.805. The first-order valence-corrected chi connectivity index (χ1v) is 10.7. The van der Waals surface area contributed by atoms with E-state index in [1.54, 1.807) is 12.1 Å². The van der Waals surface area contributed by atoms with Gasteiger partial charge in [-0.2, -0.15) is 4.31 Å². The second-order valence-corrected chi connectivity index (χ2v) is 8.90. The van der Waals surface area contributed by atoms with Gasteiger partial charge in [0.2, 0.25) is 10.0 Å². The second kappa shape index (κ2) is 8.72. The number of carbonyl (C=O) groups excluding carboxylic acids is 1. The number of likely N-dealkylation sites (N-methyl/N-ethyl adjacent to an activating group) is 1. The molecule has 1 aliphatic rings. The van der Waals surface area contributed by atoms with Gasteiger partial charge in [0.25, 0.3) is 0 Å². The number of nitrogens with one attached hydrogen (secondary N) is 2. The van der Waals surface area contributed by atoms with Crippen LogP contribution < -0.4 is 10.6 Å². The highest BCUT2D eigenvalue weighted by Gasteiger charge is 2.27. The van der Waals surface area contributed by atoms with E-state index in [0.29, 0.717) is 18.8 Å². The molecule has 2 aromatic carbocycles. The van der Waals surface area contributed by atoms with Crippen molar-refractivity contribution < 1.29 is 13.2 Å². The van der Waals surface area contributed by atoms with Gasteiger partial charge in [-0.25, -0.2) is 13.2 Å². The third-order valence-electron chi connectivity index (χ3n) is 4.86. The van der Waals surface area contributed by atoms with E-state index in [-0.39, 0.29) is 17.0 Å². The number of rotatable bonds is 5. The van der Waals surface area contributed by atoms with Crippen LogP contribution in [0.4, 0.5) is 10.5 Å². The Morgan fingerprint density at radius 2 is 1.57 bits per heavy atom. The molecule has 2 aromatic rings. The monoisotopic (exact) mass is 402 g/mol. The molecule has 150 valence electrons. The predicted molar refractivity (Wildman–Crippen MR) is 110 cm³/mol. The molecule has 1 atom stereocenters. The molecule has 0 bridgehead atoms. The number of anilines is 1. The topological polar surface area (TPSA) is 81.8 Å². The Hall–Kier alpha value is -2.42. The van der Waals surface area contributed by atoms with E-state index in [2.05, 4.69) is 15.5 Å². The molecule has 0 radical (unpaired) electrons. The normalized spacial score (nSPS) is 17.1. The Balaban J connectivity index is 1.60. The van der Waals surface area contributed by atoms with E-state index < -0.39 is 10.0 Å². The van der Waals surface area contributed by atoms with Gasteiger partial charge >= 0.3 is 6.03 Å². The lowest BCUT2D eigenvalue weighted by Crippen LogP contribution is -2.46. The highest BCUT2D eigenvalue weighted by atomic mass is 32.2. The Morgan fingerprint density at radius 3 is 2.18 bits per heavy atom. The maximum Gasteiger partial charge on any atom is 0.319 e. The van der Waals surface area contributed by atoms with Gasteiger partial charge in [-0.1, -0.05) is 30.3 Å². The van der Waals surface area contributed by atoms with E-state index in [0.717, 1.165) is 18.7 Å². The van der Waals surface area contributed by atoms with Crippen LogP contribution in [0.1, 0.15) is 18.5 Å². The van der Waals surface area contributed by atoms with Gasteiger partial charge in [0.15, 0.2) is 0 Å². The molecule has 0 aromatic heterocycles. The molecule has 1 aliphatic heterocycles. The summed E-state index contributed by atoms with van der Waals surface area (Å²) in [5.74, 6) is 0. The van der Waals surface area contributed by atoms with Crippen molar-refractivity contribution in [2.24, 2.45) is 0 Å². The van der Waals surface area contributed by atoms with Crippen LogP contribution in [-0.2, 0) is 10.0 Å². The number of amides is 2. The van der Waals surface area contributed by atoms with E-state index in [9.17, 15) is 13.2 Å². The molecular weight excluding hydrogens is 376 g/mol. The van der Waals surface area contributed by atoms with Gasteiger partial charge in [0.05, 0.1) is 10.9 Å². The number of urea groups is 1. The van der Waals surface area contributed by atoms with Gasteiger partial charge in [-0.15, -0.1) is 0 Å². The molecule has 1 heterocycles. The van der Waals surface area contributed by atoms with Crippen molar-refractivity contribution in [3.8, 4) is 0 Å². The summed E-state index contributed by atoms with van der Waals surface area (Å²) in [7, 11) is -1.53. The molecule has 0 saturated carbocycles. The van der Waals surface area contributed by atoms with Crippen LogP contribution in [0, 0.1) is 0 Å². The molecule has 3 rings (SSSR count). The summed E-state index contributed by atoms with van der Waals surface area (Å²) in [6, 6.07) is 15.5. The zero-order valence-electron chi connectivity index (χ0n) is 16.1. The van der Waals surface area contributed by atoms with Crippen LogP contribution in [0.2, 0.25) is 0 Å². The summed E-state index contributed by atoms with van der Waals surface area (Å²) in [5.41, 5.74) is 1.54. The number of benzene rings is 2. The summed E-state index contributed by atoms with van der Waals surface area (Å²) in [5, 5.41) is 5.61. The lowest BCUT2D eigenvalue weighted by molar-refractivity contribution is 0.222. The van der Waals surface area contributed by atoms with Gasteiger partial charge < -0.3 is 15.5 Å². The number of carbonyl (C=O) groups is 1. The maximum atomic E-state index is 12.7. The van der Waals surface area contributed by atoms with Crippen LogP contribution in [0.3, 0.4) is 0 Å². The fourth-order valence-corrected chi connectivity index (χ4v) is 4.50. The van der Waals surface area contributed by atoms with Gasteiger partial charge in [0.1, 0.15) is 0 Å². The molecule has 2 amide bonds. The standard InChI is InChI=1S/C20H26N4O3S/c1-16(17-6-4-3-5-7-17)21-20(25)22-18-8-10-19(11-9-18)28(26,27)24-14-12-23(2)13-15-24/h3-11,16H,12-15H2,1-2H3,(H2,21,22,25). The third-order valence-corrected chi connectivity index (χ3v) is 6.77. The Morgan fingerprint density at radius 1 is 0.964 bits per heavy atom. The molecule has 2 N–H and O–H groups in total. The lowest BCUT2D eigenvalue weighted by Gasteiger charge is -2.31. The number of hydrogen-bond acceptors (Lipinski definition) is 4. The van der Waals surface area contributed by atoms with E-state index in [4.69, 9.17) is 0 Å². The maximum absolute atomic E-state index is 12.7. The SMILES string of the molecule is CC(NC(=O)Nc1ccc(S(=O)(=O)N2CCN(C)CC2)cc1)c1ccccc1. The molecule has 1 unspecified atom stereocenters. The van der Waals surface area contributed by atoms with E-state index >= 15 is 0 Å². The number of hydrogen-bond donors (Lipinski definition) is 2. The second-order valence-electron chi connectivity index (χ2n) is 6.96. The zero-order valence-corrected chi connectivity index (χ0v) is 16.9. The molecule has 28 heavy (non-hydrogen) atoms. The average molecular weight is 403 g/mol. The predicted octanol–water partition coefficient (Wildman–Crippen LogP) is 2.51. The zero-order chi connectivity index (χ0) is 20.1. The van der Waals surface area contributed by atoms with Crippen molar-refractivity contribution in [1.29, 1.82) is 0 Å². The highest BCUT2D eigenvalue weighted by Crippen LogP contribution is 2.20. The minimum absolute atomic E-state index is 0.141. The average Bonchev–Trinajstić information content (AvgIpc) is 2.69. The van der Waals surface area contributed by atoms with Crippen LogP contribution >= 0.6 is 0 Å². The van der Waals surface area contributed by atoms with Crippen LogP contribution in [-0.4, -0.2) is 56.9 Å². The smallest absolute Gasteiger partial charge is 0.319 e. The van der Waals surface area contributed by atoms with Crippen molar-refractivity contribution >= 4 is 21.7 Å². The van der Waals surface area contributed by atoms with Crippen molar-refractivity contribution in [1.82, 2.24) is 14.5 Å². The van der Waals surface area contributed by atoms with Crippen molar-refractivity contribution in [2.75, 3.05) is 38.5 Å². The Bertz CT molecular complexity index is 893. The summed E-state index contributed by atoms with van der Waals surface area (Å²) in [4.78, 5) is 14.5. The number of sulfonamides is 1. The van der Waals surface area contributed by atoms with Crippen LogP contribution in [0.25, 0.3) is 0 Å². The summed E-state index contributed by atoms with van der Waals surface area (Å²) in [6.07, 6.45) is 0. The first-order valence-electron chi connectivity index (χ1n) is 9.27. The van der Waals surface area contributed by atoms with Crippen molar-refractivity contribution in [3.63, 3.8) is 0 Å². The van der Waals surface area contributed by atoms with Crippen LogP contribution in [0.5, 0.6) is 0 Å². The van der Waals surface area contributed by atoms with E-state index in [1.165, 1.54) is 16.4 Å². The largest absolute Gasteiger partial charge is 0.331 e. The summed E-state index contributed by atoms with van der Waals surface area (Å²) < 4.78 is 27.0. The van der Waals surface area contributed by atoms with Gasteiger partial charge in [-0.05, 0) is 43.8 Å². The molecule has 8 heteroatoms. The van der Waals surface area contributed by atoms with Crippen LogP contribution in [0.15, 0.2) is 59.5 Å².